The van der Waals surface area contributed by atoms with Gasteiger partial charge in [0.2, 0.25) is 0 Å². The molecule has 138 valence electrons. The van der Waals surface area contributed by atoms with Crippen LogP contribution in [-0.4, -0.2) is 32.7 Å². The first-order chi connectivity index (χ1) is 12.4. The minimum absolute atomic E-state index is 0.110. The van der Waals surface area contributed by atoms with Gasteiger partial charge < -0.3 is 4.90 Å². The number of nitrogens with zero attached hydrogens (tertiary/aromatic N) is 5. The predicted octanol–water partition coefficient (Wildman–Crippen LogP) is 4.75. The SMILES string of the molecule is C=C/C(F)=C\C(F)=C(/C)c1c(Cl)nc2ncnn2c1N1CCC(C)CC1. The molecule has 1 fully saturated rings. The van der Waals surface area contributed by atoms with Crippen LogP contribution in [0.5, 0.6) is 0 Å². The summed E-state index contributed by atoms with van der Waals surface area (Å²) in [6.45, 7) is 8.62. The largest absolute Gasteiger partial charge is 0.356 e. The van der Waals surface area contributed by atoms with Crippen molar-refractivity contribution < 1.29 is 8.78 Å². The fourth-order valence-electron chi connectivity index (χ4n) is 3.05. The second-order valence-corrected chi connectivity index (χ2v) is 6.81. The van der Waals surface area contributed by atoms with Gasteiger partial charge in [0.1, 0.15) is 29.0 Å². The number of piperidine rings is 1. The number of hydrogen-bond donors (Lipinski definition) is 0. The number of hydrogen-bond acceptors (Lipinski definition) is 4. The van der Waals surface area contributed by atoms with Crippen molar-refractivity contribution in [1.29, 1.82) is 0 Å². The third-order valence-corrected chi connectivity index (χ3v) is 4.91. The van der Waals surface area contributed by atoms with Crippen LogP contribution in [0.1, 0.15) is 32.3 Å². The van der Waals surface area contributed by atoms with Gasteiger partial charge in [0.25, 0.3) is 5.78 Å². The van der Waals surface area contributed by atoms with E-state index in [1.807, 2.05) is 0 Å². The van der Waals surface area contributed by atoms with Crippen molar-refractivity contribution in [3.63, 3.8) is 0 Å². The molecule has 2 aromatic heterocycles. The lowest BCUT2D eigenvalue weighted by Gasteiger charge is -2.33. The Morgan fingerprint density at radius 1 is 1.35 bits per heavy atom. The first kappa shape index (κ1) is 18.5. The zero-order valence-electron chi connectivity index (χ0n) is 14.7. The van der Waals surface area contributed by atoms with E-state index in [4.69, 9.17) is 11.6 Å². The maximum absolute atomic E-state index is 14.6. The molecule has 1 aliphatic heterocycles. The second kappa shape index (κ2) is 7.53. The summed E-state index contributed by atoms with van der Waals surface area (Å²) in [7, 11) is 0. The molecule has 0 spiro atoms. The lowest BCUT2D eigenvalue weighted by atomic mass is 9.98. The molecule has 0 radical (unpaired) electrons. The summed E-state index contributed by atoms with van der Waals surface area (Å²) in [5.41, 5.74) is 0.579. The maximum atomic E-state index is 14.6. The number of allylic oxidation sites excluding steroid dienone is 5. The average Bonchev–Trinajstić information content (AvgIpc) is 3.08. The molecule has 0 amide bonds. The summed E-state index contributed by atoms with van der Waals surface area (Å²) in [5.74, 6) is 0.0902. The van der Waals surface area contributed by atoms with E-state index in [1.54, 1.807) is 11.4 Å². The fourth-order valence-corrected chi connectivity index (χ4v) is 3.35. The van der Waals surface area contributed by atoms with E-state index in [1.165, 1.54) is 6.33 Å². The highest BCUT2D eigenvalue weighted by Crippen LogP contribution is 2.36. The number of fused-ring (bicyclic) bond motifs is 1. The minimum atomic E-state index is -0.763. The summed E-state index contributed by atoms with van der Waals surface area (Å²) in [5, 5.41) is 4.34. The molecule has 0 saturated carbocycles. The first-order valence-corrected chi connectivity index (χ1v) is 8.80. The van der Waals surface area contributed by atoms with E-state index < -0.39 is 11.7 Å². The van der Waals surface area contributed by atoms with E-state index in [0.29, 0.717) is 23.1 Å². The molecule has 0 aliphatic carbocycles. The van der Waals surface area contributed by atoms with Crippen molar-refractivity contribution in [2.75, 3.05) is 18.0 Å². The van der Waals surface area contributed by atoms with E-state index >= 15 is 0 Å². The standard InChI is InChI=1S/C18H20ClF2N5/c1-4-13(20)9-14(21)12(3)15-16(19)24-18-22-10-23-26(18)17(15)25-7-5-11(2)6-8-25/h4,9-11H,1,5-8H2,2-3H3/b13-9+,14-12-. The number of halogens is 3. The van der Waals surface area contributed by atoms with E-state index in [-0.39, 0.29) is 10.7 Å². The van der Waals surface area contributed by atoms with Crippen molar-refractivity contribution in [2.45, 2.75) is 26.7 Å². The van der Waals surface area contributed by atoms with Crippen molar-refractivity contribution >= 4 is 28.8 Å². The van der Waals surface area contributed by atoms with Gasteiger partial charge in [-0.3, -0.25) is 0 Å². The molecule has 8 heteroatoms. The average molecular weight is 380 g/mol. The van der Waals surface area contributed by atoms with E-state index in [0.717, 1.165) is 38.1 Å². The van der Waals surface area contributed by atoms with Gasteiger partial charge in [0, 0.05) is 19.2 Å². The van der Waals surface area contributed by atoms with Gasteiger partial charge in [-0.25, -0.2) is 8.78 Å². The predicted molar refractivity (Wildman–Crippen MR) is 99.5 cm³/mol. The Hall–Kier alpha value is -2.28. The van der Waals surface area contributed by atoms with Crippen LogP contribution in [0.2, 0.25) is 5.15 Å². The third-order valence-electron chi connectivity index (χ3n) is 4.63. The van der Waals surface area contributed by atoms with Crippen molar-refractivity contribution in [3.05, 3.63) is 47.4 Å². The number of anilines is 1. The van der Waals surface area contributed by atoms with Crippen LogP contribution in [-0.2, 0) is 0 Å². The monoisotopic (exact) mass is 379 g/mol. The minimum Gasteiger partial charge on any atom is -0.356 e. The molecule has 3 rings (SSSR count). The van der Waals surface area contributed by atoms with Gasteiger partial charge >= 0.3 is 0 Å². The van der Waals surface area contributed by atoms with Crippen LogP contribution in [0.25, 0.3) is 11.4 Å². The van der Waals surface area contributed by atoms with Crippen molar-refractivity contribution in [2.24, 2.45) is 5.92 Å². The third kappa shape index (κ3) is 3.49. The molecule has 0 aromatic carbocycles. The molecular formula is C18H20ClF2N5. The molecular weight excluding hydrogens is 360 g/mol. The van der Waals surface area contributed by atoms with Crippen LogP contribution in [0, 0.1) is 5.92 Å². The van der Waals surface area contributed by atoms with Crippen LogP contribution in [0.4, 0.5) is 14.6 Å². The summed E-state index contributed by atoms with van der Waals surface area (Å²) in [6, 6.07) is 0. The Labute approximate surface area is 155 Å². The highest BCUT2D eigenvalue weighted by atomic mass is 35.5. The second-order valence-electron chi connectivity index (χ2n) is 6.45. The van der Waals surface area contributed by atoms with Crippen LogP contribution in [0.15, 0.2) is 36.7 Å². The van der Waals surface area contributed by atoms with Crippen molar-refractivity contribution in [1.82, 2.24) is 19.6 Å². The van der Waals surface area contributed by atoms with Gasteiger partial charge in [-0.1, -0.05) is 25.1 Å². The molecule has 0 atom stereocenters. The number of aromatic nitrogens is 4. The van der Waals surface area contributed by atoms with Crippen LogP contribution in [0.3, 0.4) is 0 Å². The molecule has 2 aromatic rings. The summed E-state index contributed by atoms with van der Waals surface area (Å²) >= 11 is 6.37. The summed E-state index contributed by atoms with van der Waals surface area (Å²) < 4.78 is 29.6. The Balaban J connectivity index is 2.21. The number of rotatable bonds is 4. The summed E-state index contributed by atoms with van der Waals surface area (Å²) in [4.78, 5) is 10.4. The normalized spacial score (nSPS) is 17.6. The van der Waals surface area contributed by atoms with E-state index in [2.05, 4.69) is 33.5 Å². The molecule has 26 heavy (non-hydrogen) atoms. The molecule has 1 saturated heterocycles. The molecule has 1 aliphatic rings. The Morgan fingerprint density at radius 2 is 2.04 bits per heavy atom. The highest BCUT2D eigenvalue weighted by Gasteiger charge is 2.26. The molecule has 0 bridgehead atoms. The Kier molecular flexibility index (Phi) is 5.36. The Morgan fingerprint density at radius 3 is 2.69 bits per heavy atom. The zero-order chi connectivity index (χ0) is 18.8. The van der Waals surface area contributed by atoms with Crippen LogP contribution < -0.4 is 4.90 Å². The zero-order valence-corrected chi connectivity index (χ0v) is 15.5. The topological polar surface area (TPSA) is 46.3 Å². The first-order valence-electron chi connectivity index (χ1n) is 8.43. The lowest BCUT2D eigenvalue weighted by Crippen LogP contribution is -2.35. The fraction of sp³-hybridized carbons (Fsp3) is 0.389. The Bertz CT molecular complexity index is 894. The molecule has 3 heterocycles. The molecule has 5 nitrogen and oxygen atoms in total. The maximum Gasteiger partial charge on any atom is 0.255 e. The quantitative estimate of drug-likeness (QED) is 0.568. The molecule has 0 unspecified atom stereocenters. The van der Waals surface area contributed by atoms with Crippen molar-refractivity contribution in [3.8, 4) is 0 Å². The van der Waals surface area contributed by atoms with Gasteiger partial charge in [-0.05, 0) is 37.3 Å². The molecule has 0 N–H and O–H groups in total. The smallest absolute Gasteiger partial charge is 0.255 e. The van der Waals surface area contributed by atoms with Gasteiger partial charge in [0.15, 0.2) is 0 Å². The summed E-state index contributed by atoms with van der Waals surface area (Å²) in [6.07, 6.45) is 5.12. The lowest BCUT2D eigenvalue weighted by molar-refractivity contribution is 0.434. The van der Waals surface area contributed by atoms with Crippen LogP contribution >= 0.6 is 11.6 Å². The van der Waals surface area contributed by atoms with Gasteiger partial charge in [-0.2, -0.15) is 19.6 Å². The van der Waals surface area contributed by atoms with Gasteiger partial charge in [-0.15, -0.1) is 0 Å². The van der Waals surface area contributed by atoms with Gasteiger partial charge in [0.05, 0.1) is 5.56 Å². The highest BCUT2D eigenvalue weighted by molar-refractivity contribution is 6.31. The van der Waals surface area contributed by atoms with E-state index in [9.17, 15) is 8.78 Å².